The molecule has 1 saturated heterocycles. The van der Waals surface area contributed by atoms with Crippen molar-refractivity contribution >= 4 is 19.9 Å². The maximum absolute atomic E-state index is 13.1. The predicted octanol–water partition coefficient (Wildman–Crippen LogP) is 2.94. The van der Waals surface area contributed by atoms with E-state index in [9.17, 15) is 16.8 Å². The van der Waals surface area contributed by atoms with Crippen molar-refractivity contribution in [2.75, 3.05) is 25.4 Å². The van der Waals surface area contributed by atoms with E-state index in [-0.39, 0.29) is 30.2 Å². The second-order valence-electron chi connectivity index (χ2n) is 6.82. The second-order valence-corrected chi connectivity index (χ2v) is 11.1. The van der Waals surface area contributed by atoms with Gasteiger partial charge in [-0.1, -0.05) is 30.3 Å². The molecule has 8 heteroatoms. The summed E-state index contributed by atoms with van der Waals surface area (Å²) in [6.45, 7) is 4.28. The highest BCUT2D eigenvalue weighted by atomic mass is 32.2. The fourth-order valence-electron chi connectivity index (χ4n) is 3.45. The minimum absolute atomic E-state index is 0.0414. The van der Waals surface area contributed by atoms with E-state index in [0.717, 1.165) is 5.56 Å². The van der Waals surface area contributed by atoms with Crippen molar-refractivity contribution in [3.63, 3.8) is 0 Å². The molecule has 0 aromatic heterocycles. The summed E-state index contributed by atoms with van der Waals surface area (Å²) in [4.78, 5) is 0.156. The van der Waals surface area contributed by atoms with Gasteiger partial charge in [-0.2, -0.15) is 4.31 Å². The highest BCUT2D eigenvalue weighted by molar-refractivity contribution is 7.92. The van der Waals surface area contributed by atoms with Gasteiger partial charge in [0.25, 0.3) is 0 Å². The first-order valence-corrected chi connectivity index (χ1v) is 12.4. The van der Waals surface area contributed by atoms with Gasteiger partial charge in [0.2, 0.25) is 10.0 Å². The van der Waals surface area contributed by atoms with Crippen LogP contribution in [0.5, 0.6) is 5.75 Å². The predicted molar refractivity (Wildman–Crippen MR) is 109 cm³/mol. The summed E-state index contributed by atoms with van der Waals surface area (Å²) in [5.41, 5.74) is 1.44. The zero-order valence-corrected chi connectivity index (χ0v) is 17.7. The molecule has 1 fully saturated rings. The molecule has 2 aromatic rings. The molecule has 1 aliphatic heterocycles. The van der Waals surface area contributed by atoms with Crippen LogP contribution in [0.2, 0.25) is 0 Å². The molecule has 28 heavy (non-hydrogen) atoms. The van der Waals surface area contributed by atoms with Crippen LogP contribution < -0.4 is 4.74 Å². The standard InChI is InChI=1S/C20H25NO5S2/c1-3-26-19-10-9-18(15-16(19)2)28(24,25)21-12-11-20(27(22,23)14-13-21)17-7-5-4-6-8-17/h4-10,15,20H,3,11-14H2,1-2H3. The van der Waals surface area contributed by atoms with Crippen LogP contribution in [-0.4, -0.2) is 46.6 Å². The molecule has 0 N–H and O–H groups in total. The molecule has 1 unspecified atom stereocenters. The molecule has 1 heterocycles. The van der Waals surface area contributed by atoms with Crippen LogP contribution in [0.25, 0.3) is 0 Å². The van der Waals surface area contributed by atoms with Gasteiger partial charge in [0.1, 0.15) is 5.75 Å². The van der Waals surface area contributed by atoms with E-state index in [0.29, 0.717) is 17.9 Å². The van der Waals surface area contributed by atoms with Crippen molar-refractivity contribution in [3.8, 4) is 5.75 Å². The van der Waals surface area contributed by atoms with E-state index in [1.54, 1.807) is 43.3 Å². The number of sulfonamides is 1. The molecular formula is C20H25NO5S2. The Morgan fingerprint density at radius 1 is 1.11 bits per heavy atom. The number of hydrogen-bond donors (Lipinski definition) is 0. The summed E-state index contributed by atoms with van der Waals surface area (Å²) in [7, 11) is -7.22. The first-order chi connectivity index (χ1) is 13.3. The molecule has 0 bridgehead atoms. The SMILES string of the molecule is CCOc1ccc(S(=O)(=O)N2CCC(c3ccccc3)S(=O)(=O)CC2)cc1C. The molecule has 3 rings (SSSR count). The Hall–Kier alpha value is -1.90. The Kier molecular flexibility index (Phi) is 6.12. The number of benzene rings is 2. The number of ether oxygens (including phenoxy) is 1. The molecule has 0 radical (unpaired) electrons. The Morgan fingerprint density at radius 2 is 1.82 bits per heavy atom. The van der Waals surface area contributed by atoms with E-state index in [1.165, 1.54) is 10.4 Å². The van der Waals surface area contributed by atoms with Gasteiger partial charge >= 0.3 is 0 Å². The van der Waals surface area contributed by atoms with E-state index in [4.69, 9.17) is 4.74 Å². The average molecular weight is 424 g/mol. The van der Waals surface area contributed by atoms with E-state index >= 15 is 0 Å². The highest BCUT2D eigenvalue weighted by Crippen LogP contribution is 2.31. The maximum atomic E-state index is 13.1. The van der Waals surface area contributed by atoms with Crippen LogP contribution in [0.1, 0.15) is 29.7 Å². The van der Waals surface area contributed by atoms with Gasteiger partial charge in [0.05, 0.1) is 22.5 Å². The average Bonchev–Trinajstić information content (AvgIpc) is 2.82. The van der Waals surface area contributed by atoms with Crippen LogP contribution in [-0.2, 0) is 19.9 Å². The van der Waals surface area contributed by atoms with Crippen molar-refractivity contribution in [2.45, 2.75) is 30.4 Å². The van der Waals surface area contributed by atoms with E-state index in [2.05, 4.69) is 0 Å². The zero-order valence-electron chi connectivity index (χ0n) is 16.0. The lowest BCUT2D eigenvalue weighted by Gasteiger charge is -2.20. The Bertz CT molecular complexity index is 1030. The third-order valence-corrected chi connectivity index (χ3v) is 8.98. The minimum Gasteiger partial charge on any atom is -0.494 e. The molecule has 0 spiro atoms. The summed E-state index contributed by atoms with van der Waals surface area (Å²) in [6.07, 6.45) is 0.238. The Balaban J connectivity index is 1.87. The molecule has 1 aliphatic rings. The third-order valence-electron chi connectivity index (χ3n) is 4.95. The summed E-state index contributed by atoms with van der Waals surface area (Å²) in [6, 6.07) is 13.7. The van der Waals surface area contributed by atoms with Crippen LogP contribution in [0.15, 0.2) is 53.4 Å². The number of aryl methyl sites for hydroxylation is 1. The number of hydrogen-bond acceptors (Lipinski definition) is 5. The van der Waals surface area contributed by atoms with Gasteiger partial charge in [0, 0.05) is 13.1 Å². The topological polar surface area (TPSA) is 80.8 Å². The highest BCUT2D eigenvalue weighted by Gasteiger charge is 2.35. The molecule has 1 atom stereocenters. The van der Waals surface area contributed by atoms with E-state index < -0.39 is 25.1 Å². The Labute approximate surface area is 167 Å². The lowest BCUT2D eigenvalue weighted by atomic mass is 10.1. The maximum Gasteiger partial charge on any atom is 0.243 e. The first-order valence-electron chi connectivity index (χ1n) is 9.26. The molecular weight excluding hydrogens is 398 g/mol. The third kappa shape index (κ3) is 4.24. The molecule has 0 saturated carbocycles. The largest absolute Gasteiger partial charge is 0.494 e. The fourth-order valence-corrected chi connectivity index (χ4v) is 6.91. The van der Waals surface area contributed by atoms with Crippen LogP contribution in [0.4, 0.5) is 0 Å². The quantitative estimate of drug-likeness (QED) is 0.739. The van der Waals surface area contributed by atoms with E-state index in [1.807, 2.05) is 13.0 Å². The van der Waals surface area contributed by atoms with Crippen molar-refractivity contribution in [1.82, 2.24) is 4.31 Å². The van der Waals surface area contributed by atoms with Crippen molar-refractivity contribution in [2.24, 2.45) is 0 Å². The van der Waals surface area contributed by atoms with Crippen molar-refractivity contribution in [1.29, 1.82) is 0 Å². The molecule has 6 nitrogen and oxygen atoms in total. The van der Waals surface area contributed by atoms with Gasteiger partial charge in [0.15, 0.2) is 9.84 Å². The van der Waals surface area contributed by atoms with Gasteiger partial charge in [-0.05, 0) is 49.6 Å². The lowest BCUT2D eigenvalue weighted by Crippen LogP contribution is -2.33. The number of sulfone groups is 1. The van der Waals surface area contributed by atoms with Crippen LogP contribution >= 0.6 is 0 Å². The lowest BCUT2D eigenvalue weighted by molar-refractivity contribution is 0.337. The molecule has 0 aliphatic carbocycles. The zero-order chi connectivity index (χ0) is 20.4. The molecule has 2 aromatic carbocycles. The van der Waals surface area contributed by atoms with Gasteiger partial charge in [-0.3, -0.25) is 0 Å². The van der Waals surface area contributed by atoms with Crippen LogP contribution in [0, 0.1) is 6.92 Å². The van der Waals surface area contributed by atoms with Gasteiger partial charge in [-0.25, -0.2) is 16.8 Å². The summed E-state index contributed by atoms with van der Waals surface area (Å²) < 4.78 is 58.5. The van der Waals surface area contributed by atoms with Crippen molar-refractivity contribution in [3.05, 3.63) is 59.7 Å². The van der Waals surface area contributed by atoms with Crippen LogP contribution in [0.3, 0.4) is 0 Å². The minimum atomic E-state index is -3.78. The second kappa shape index (κ2) is 8.23. The monoisotopic (exact) mass is 423 g/mol. The Morgan fingerprint density at radius 3 is 2.46 bits per heavy atom. The normalized spacial score (nSPS) is 20.4. The van der Waals surface area contributed by atoms with Crippen molar-refractivity contribution < 1.29 is 21.6 Å². The molecule has 152 valence electrons. The summed E-state index contributed by atoms with van der Waals surface area (Å²) in [5, 5.41) is -0.684. The smallest absolute Gasteiger partial charge is 0.243 e. The number of nitrogens with zero attached hydrogens (tertiary/aromatic N) is 1. The first kappa shape index (κ1) is 20.8. The summed E-state index contributed by atoms with van der Waals surface area (Å²) in [5.74, 6) is 0.450. The number of rotatable bonds is 5. The molecule has 0 amide bonds. The van der Waals surface area contributed by atoms with Gasteiger partial charge < -0.3 is 4.74 Å². The van der Waals surface area contributed by atoms with Gasteiger partial charge in [-0.15, -0.1) is 0 Å². The summed E-state index contributed by atoms with van der Waals surface area (Å²) >= 11 is 0. The fraction of sp³-hybridized carbons (Fsp3) is 0.400.